The molecular formula is C11H18N4O. The molecule has 5 heteroatoms. The van der Waals surface area contributed by atoms with Crippen LogP contribution in [0.2, 0.25) is 0 Å². The lowest BCUT2D eigenvalue weighted by Gasteiger charge is -2.29. The van der Waals surface area contributed by atoms with E-state index in [1.807, 2.05) is 37.1 Å². The van der Waals surface area contributed by atoms with Gasteiger partial charge in [0.05, 0.1) is 18.3 Å². The normalized spacial score (nSPS) is 14.8. The number of hydrogen-bond acceptors (Lipinski definition) is 4. The molecule has 0 bridgehead atoms. The summed E-state index contributed by atoms with van der Waals surface area (Å²) in [4.78, 5) is 17.0. The van der Waals surface area contributed by atoms with E-state index in [4.69, 9.17) is 11.5 Å². The molecule has 0 saturated carbocycles. The summed E-state index contributed by atoms with van der Waals surface area (Å²) in [5.41, 5.74) is 11.9. The Bertz CT molecular complexity index is 339. The molecule has 1 amide bonds. The van der Waals surface area contributed by atoms with Crippen LogP contribution >= 0.6 is 0 Å². The van der Waals surface area contributed by atoms with Crippen LogP contribution in [-0.2, 0) is 4.79 Å². The number of amides is 1. The zero-order chi connectivity index (χ0) is 12.1. The predicted octanol–water partition coefficient (Wildman–Crippen LogP) is -0.113. The van der Waals surface area contributed by atoms with Gasteiger partial charge in [-0.25, -0.2) is 0 Å². The van der Waals surface area contributed by atoms with Gasteiger partial charge in [0.15, 0.2) is 0 Å². The third-order valence-corrected chi connectivity index (χ3v) is 2.37. The fraction of sp³-hybridized carbons (Fsp3) is 0.455. The van der Waals surface area contributed by atoms with E-state index in [-0.39, 0.29) is 24.5 Å². The van der Waals surface area contributed by atoms with Crippen LogP contribution in [0.1, 0.15) is 18.7 Å². The minimum absolute atomic E-state index is 0.103. The van der Waals surface area contributed by atoms with Gasteiger partial charge in [-0.05, 0) is 26.1 Å². The van der Waals surface area contributed by atoms with Crippen molar-refractivity contribution in [3.8, 4) is 0 Å². The van der Waals surface area contributed by atoms with Crippen molar-refractivity contribution in [1.82, 2.24) is 9.88 Å². The summed E-state index contributed by atoms with van der Waals surface area (Å²) in [5, 5.41) is 0. The largest absolute Gasteiger partial charge is 0.369 e. The van der Waals surface area contributed by atoms with E-state index >= 15 is 0 Å². The van der Waals surface area contributed by atoms with Gasteiger partial charge in [0, 0.05) is 12.2 Å². The second kappa shape index (κ2) is 5.58. The van der Waals surface area contributed by atoms with E-state index in [2.05, 4.69) is 4.98 Å². The molecule has 0 aliphatic rings. The van der Waals surface area contributed by atoms with Gasteiger partial charge in [-0.15, -0.1) is 0 Å². The van der Waals surface area contributed by atoms with Gasteiger partial charge in [-0.3, -0.25) is 14.7 Å². The zero-order valence-electron chi connectivity index (χ0n) is 9.63. The minimum atomic E-state index is -0.371. The third-order valence-electron chi connectivity index (χ3n) is 2.37. The molecular weight excluding hydrogens is 204 g/mol. The first-order valence-corrected chi connectivity index (χ1v) is 5.17. The van der Waals surface area contributed by atoms with Crippen molar-refractivity contribution < 1.29 is 4.79 Å². The maximum atomic E-state index is 10.9. The van der Waals surface area contributed by atoms with Gasteiger partial charge in [0.25, 0.3) is 0 Å². The summed E-state index contributed by atoms with van der Waals surface area (Å²) in [5.74, 6) is -0.371. The van der Waals surface area contributed by atoms with Crippen LogP contribution in [0.15, 0.2) is 24.4 Å². The van der Waals surface area contributed by atoms with E-state index in [1.54, 1.807) is 6.20 Å². The third kappa shape index (κ3) is 3.29. The molecule has 2 unspecified atom stereocenters. The topological polar surface area (TPSA) is 85.2 Å². The smallest absolute Gasteiger partial charge is 0.231 e. The minimum Gasteiger partial charge on any atom is -0.369 e. The Morgan fingerprint density at radius 3 is 2.69 bits per heavy atom. The monoisotopic (exact) mass is 222 g/mol. The molecule has 0 aromatic carbocycles. The van der Waals surface area contributed by atoms with Crippen molar-refractivity contribution in [2.24, 2.45) is 11.5 Å². The number of nitrogens with zero attached hydrogens (tertiary/aromatic N) is 2. The Morgan fingerprint density at radius 2 is 2.25 bits per heavy atom. The van der Waals surface area contributed by atoms with E-state index in [0.717, 1.165) is 5.69 Å². The van der Waals surface area contributed by atoms with Crippen molar-refractivity contribution in [2.75, 3.05) is 13.6 Å². The molecule has 0 radical (unpaired) electrons. The first-order valence-electron chi connectivity index (χ1n) is 5.17. The predicted molar refractivity (Wildman–Crippen MR) is 62.5 cm³/mol. The number of nitrogens with two attached hydrogens (primary N) is 2. The number of likely N-dealkylation sites (N-methyl/N-ethyl adjacent to an activating group) is 1. The van der Waals surface area contributed by atoms with Crippen molar-refractivity contribution >= 4 is 5.91 Å². The first kappa shape index (κ1) is 12.6. The average Bonchev–Trinajstić information content (AvgIpc) is 2.17. The lowest BCUT2D eigenvalue weighted by Crippen LogP contribution is -2.41. The maximum absolute atomic E-state index is 10.9. The van der Waals surface area contributed by atoms with Crippen LogP contribution in [0, 0.1) is 0 Å². The lowest BCUT2D eigenvalue weighted by molar-refractivity contribution is -0.119. The Balaban J connectivity index is 2.87. The van der Waals surface area contributed by atoms with Gasteiger partial charge in [0.1, 0.15) is 0 Å². The fourth-order valence-corrected chi connectivity index (χ4v) is 1.79. The highest BCUT2D eigenvalue weighted by Crippen LogP contribution is 2.19. The number of aromatic nitrogens is 1. The SMILES string of the molecule is CC(N)C(c1ccccn1)N(C)CC(N)=O. The molecule has 16 heavy (non-hydrogen) atoms. The highest BCUT2D eigenvalue weighted by molar-refractivity contribution is 5.75. The maximum Gasteiger partial charge on any atom is 0.231 e. The molecule has 5 nitrogen and oxygen atoms in total. The second-order valence-corrected chi connectivity index (χ2v) is 3.94. The molecule has 1 aromatic rings. The van der Waals surface area contributed by atoms with Crippen LogP contribution in [0.4, 0.5) is 0 Å². The van der Waals surface area contributed by atoms with Crippen molar-refractivity contribution in [3.63, 3.8) is 0 Å². The number of primary amides is 1. The summed E-state index contributed by atoms with van der Waals surface area (Å²) in [7, 11) is 1.81. The molecule has 0 aliphatic carbocycles. The van der Waals surface area contributed by atoms with Gasteiger partial charge in [-0.1, -0.05) is 6.07 Å². The molecule has 0 fully saturated rings. The number of carbonyl (C=O) groups is 1. The Morgan fingerprint density at radius 1 is 1.56 bits per heavy atom. The van der Waals surface area contributed by atoms with Crippen molar-refractivity contribution in [3.05, 3.63) is 30.1 Å². The molecule has 0 saturated heterocycles. The Hall–Kier alpha value is -1.46. The van der Waals surface area contributed by atoms with Crippen LogP contribution in [0.25, 0.3) is 0 Å². The van der Waals surface area contributed by atoms with E-state index < -0.39 is 0 Å². The molecule has 1 heterocycles. The molecule has 88 valence electrons. The Kier molecular flexibility index (Phi) is 4.39. The number of pyridine rings is 1. The van der Waals surface area contributed by atoms with E-state index in [1.165, 1.54) is 0 Å². The standard InChI is InChI=1S/C11H18N4O/c1-8(12)11(15(2)7-10(13)16)9-5-3-4-6-14-9/h3-6,8,11H,7,12H2,1-2H3,(H2,13,16). The molecule has 2 atom stereocenters. The lowest BCUT2D eigenvalue weighted by atomic mass is 10.0. The second-order valence-electron chi connectivity index (χ2n) is 3.94. The highest BCUT2D eigenvalue weighted by Gasteiger charge is 2.23. The van der Waals surface area contributed by atoms with Gasteiger partial charge in [-0.2, -0.15) is 0 Å². The molecule has 4 N–H and O–H groups in total. The molecule has 0 spiro atoms. The van der Waals surface area contributed by atoms with Crippen LogP contribution in [0.3, 0.4) is 0 Å². The van der Waals surface area contributed by atoms with Gasteiger partial charge in [0.2, 0.25) is 5.91 Å². The average molecular weight is 222 g/mol. The first-order chi connectivity index (χ1) is 7.52. The van der Waals surface area contributed by atoms with E-state index in [0.29, 0.717) is 0 Å². The number of hydrogen-bond donors (Lipinski definition) is 2. The van der Waals surface area contributed by atoms with Crippen LogP contribution in [0.5, 0.6) is 0 Å². The van der Waals surface area contributed by atoms with Crippen molar-refractivity contribution in [1.29, 1.82) is 0 Å². The summed E-state index contributed by atoms with van der Waals surface area (Å²) in [6.45, 7) is 2.06. The summed E-state index contributed by atoms with van der Waals surface area (Å²) in [6.07, 6.45) is 1.71. The zero-order valence-corrected chi connectivity index (χ0v) is 9.63. The molecule has 1 aromatic heterocycles. The molecule has 0 aliphatic heterocycles. The molecule has 1 rings (SSSR count). The summed E-state index contributed by atoms with van der Waals surface area (Å²) < 4.78 is 0. The van der Waals surface area contributed by atoms with Crippen molar-refractivity contribution in [2.45, 2.75) is 19.0 Å². The van der Waals surface area contributed by atoms with Gasteiger partial charge < -0.3 is 11.5 Å². The van der Waals surface area contributed by atoms with Crippen LogP contribution in [-0.4, -0.2) is 35.4 Å². The Labute approximate surface area is 95.4 Å². The van der Waals surface area contributed by atoms with Crippen LogP contribution < -0.4 is 11.5 Å². The number of rotatable bonds is 5. The quantitative estimate of drug-likeness (QED) is 0.727. The van der Waals surface area contributed by atoms with Gasteiger partial charge >= 0.3 is 0 Å². The summed E-state index contributed by atoms with van der Waals surface area (Å²) >= 11 is 0. The summed E-state index contributed by atoms with van der Waals surface area (Å²) in [6, 6.07) is 5.41. The highest BCUT2D eigenvalue weighted by atomic mass is 16.1. The number of carbonyl (C=O) groups excluding carboxylic acids is 1. The van der Waals surface area contributed by atoms with E-state index in [9.17, 15) is 4.79 Å². The fourth-order valence-electron chi connectivity index (χ4n) is 1.79.